The zero-order chi connectivity index (χ0) is 12.4. The summed E-state index contributed by atoms with van der Waals surface area (Å²) in [5, 5.41) is 5.30. The summed E-state index contributed by atoms with van der Waals surface area (Å²) in [6, 6.07) is 19.5. The summed E-state index contributed by atoms with van der Waals surface area (Å²) in [7, 11) is 0. The van der Waals surface area contributed by atoms with E-state index in [9.17, 15) is 0 Å². The number of benzene rings is 3. The van der Waals surface area contributed by atoms with Crippen molar-refractivity contribution in [3.63, 3.8) is 0 Å². The Morgan fingerprint density at radius 2 is 1.56 bits per heavy atom. The van der Waals surface area contributed by atoms with Crippen molar-refractivity contribution in [2.75, 3.05) is 0 Å². The van der Waals surface area contributed by atoms with E-state index in [4.69, 9.17) is 0 Å². The molecule has 82 valence electrons. The summed E-state index contributed by atoms with van der Waals surface area (Å²) >= 11 is 1.20. The molecule has 0 unspecified atom stereocenters. The van der Waals surface area contributed by atoms with Crippen molar-refractivity contribution >= 4 is 32.2 Å². The second-order valence-corrected chi connectivity index (χ2v) is 5.31. The minimum absolute atomic E-state index is 1.20. The van der Waals surface area contributed by atoms with Crippen LogP contribution < -0.4 is 0 Å². The third-order valence-electron chi connectivity index (χ3n) is 3.23. The molecule has 0 spiro atoms. The first-order chi connectivity index (χ1) is 8.90. The molecule has 0 nitrogen and oxygen atoms in total. The van der Waals surface area contributed by atoms with E-state index < -0.39 is 0 Å². The van der Waals surface area contributed by atoms with Gasteiger partial charge in [-0.2, -0.15) is 0 Å². The zero-order valence-electron chi connectivity index (χ0n) is 10.1. The van der Waals surface area contributed by atoms with E-state index in [0.717, 1.165) is 0 Å². The predicted octanol–water partition coefficient (Wildman–Crippen LogP) is 4.36. The Morgan fingerprint density at radius 3 is 2.44 bits per heavy atom. The molecule has 0 atom stereocenters. The van der Waals surface area contributed by atoms with Crippen LogP contribution in [-0.4, -0.2) is 4.61 Å². The van der Waals surface area contributed by atoms with E-state index in [-0.39, 0.29) is 0 Å². The van der Waals surface area contributed by atoms with Gasteiger partial charge in [0.1, 0.15) is 0 Å². The molecule has 0 aliphatic carbocycles. The van der Waals surface area contributed by atoms with E-state index in [2.05, 4.69) is 71.4 Å². The Morgan fingerprint density at radius 1 is 0.722 bits per heavy atom. The molecule has 0 radical (unpaired) electrons. The first-order valence-electron chi connectivity index (χ1n) is 6.10. The van der Waals surface area contributed by atoms with Crippen molar-refractivity contribution in [3.05, 3.63) is 66.2 Å². The Balaban J connectivity index is 2.39. The number of hydrogen-bond donors (Lipinski definition) is 0. The van der Waals surface area contributed by atoms with Crippen molar-refractivity contribution in [1.29, 1.82) is 0 Å². The molecular formula is C17H12Zn. The second kappa shape index (κ2) is 4.96. The van der Waals surface area contributed by atoms with Crippen molar-refractivity contribution in [2.24, 2.45) is 0 Å². The molecule has 0 heterocycles. The molecule has 0 fully saturated rings. The van der Waals surface area contributed by atoms with E-state index in [0.29, 0.717) is 0 Å². The van der Waals surface area contributed by atoms with Gasteiger partial charge < -0.3 is 0 Å². The van der Waals surface area contributed by atoms with Gasteiger partial charge >= 0.3 is 116 Å². The molecule has 0 amide bonds. The first kappa shape index (κ1) is 11.5. The monoisotopic (exact) mass is 280 g/mol. The van der Waals surface area contributed by atoms with E-state index >= 15 is 0 Å². The van der Waals surface area contributed by atoms with E-state index in [1.165, 1.54) is 45.0 Å². The van der Waals surface area contributed by atoms with Crippen LogP contribution in [0.5, 0.6) is 0 Å². The Kier molecular flexibility index (Phi) is 3.17. The average molecular weight is 282 g/mol. The van der Waals surface area contributed by atoms with Crippen LogP contribution in [0, 0.1) is 0 Å². The van der Waals surface area contributed by atoms with Gasteiger partial charge in [0, 0.05) is 0 Å². The molecule has 0 bridgehead atoms. The molecule has 3 aromatic rings. The number of hydrogen-bond acceptors (Lipinski definition) is 0. The second-order valence-electron chi connectivity index (χ2n) is 4.32. The van der Waals surface area contributed by atoms with Gasteiger partial charge in [-0.3, -0.25) is 0 Å². The molecule has 18 heavy (non-hydrogen) atoms. The molecule has 3 rings (SSSR count). The molecule has 0 aromatic heterocycles. The van der Waals surface area contributed by atoms with Gasteiger partial charge in [-0.15, -0.1) is 0 Å². The maximum atomic E-state index is 2.23. The molecular weight excluding hydrogens is 270 g/mol. The van der Waals surface area contributed by atoms with Crippen molar-refractivity contribution in [2.45, 2.75) is 0 Å². The van der Waals surface area contributed by atoms with Crippen molar-refractivity contribution < 1.29 is 17.9 Å². The fourth-order valence-electron chi connectivity index (χ4n) is 2.38. The van der Waals surface area contributed by atoms with Crippen LogP contribution in [0.4, 0.5) is 0 Å². The summed E-state index contributed by atoms with van der Waals surface area (Å²) in [6.07, 6.45) is 4.34. The molecule has 0 aliphatic heterocycles. The minimum atomic E-state index is 1.20. The summed E-state index contributed by atoms with van der Waals surface area (Å²) in [6.45, 7) is 0. The van der Waals surface area contributed by atoms with Gasteiger partial charge in [0.2, 0.25) is 0 Å². The quantitative estimate of drug-likeness (QED) is 0.484. The number of allylic oxidation sites excluding steroid dienone is 1. The third kappa shape index (κ3) is 1.96. The molecule has 0 aliphatic rings. The maximum absolute atomic E-state index is 2.23. The molecule has 0 N–H and O–H groups in total. The predicted molar refractivity (Wildman–Crippen MR) is 76.6 cm³/mol. The number of rotatable bonds is 2. The first-order valence-corrected chi connectivity index (χ1v) is 7.81. The van der Waals surface area contributed by atoms with Gasteiger partial charge in [-0.05, 0) is 0 Å². The van der Waals surface area contributed by atoms with Gasteiger partial charge in [0.05, 0.1) is 0 Å². The molecule has 0 saturated carbocycles. The molecule has 3 aromatic carbocycles. The van der Waals surface area contributed by atoms with Crippen molar-refractivity contribution in [1.82, 2.24) is 0 Å². The fraction of sp³-hybridized carbons (Fsp3) is 0. The van der Waals surface area contributed by atoms with Gasteiger partial charge in [-0.1, -0.05) is 0 Å². The Hall–Kier alpha value is -1.59. The fourth-order valence-corrected chi connectivity index (χ4v) is 2.67. The van der Waals surface area contributed by atoms with Gasteiger partial charge in [0.25, 0.3) is 0 Å². The van der Waals surface area contributed by atoms with Crippen LogP contribution in [-0.2, 0) is 17.9 Å². The van der Waals surface area contributed by atoms with Crippen LogP contribution in [0.25, 0.3) is 27.6 Å². The summed E-state index contributed by atoms with van der Waals surface area (Å²) in [5.74, 6) is 0. The Bertz CT molecular complexity index is 754. The standard InChI is InChI=1S/C17H12.Zn/c1-2-6-13-8-5-10-17-15-9-4-3-7-14(15)11-12-16(13)17;/h1-12H;/b6-2-;. The normalized spacial score (nSPS) is 11.4. The molecule has 0 saturated heterocycles. The van der Waals surface area contributed by atoms with Gasteiger partial charge in [-0.25, -0.2) is 0 Å². The topological polar surface area (TPSA) is 0 Å². The van der Waals surface area contributed by atoms with Crippen LogP contribution in [0.3, 0.4) is 0 Å². The van der Waals surface area contributed by atoms with Crippen LogP contribution in [0.1, 0.15) is 5.56 Å². The number of fused-ring (bicyclic) bond motifs is 3. The summed E-state index contributed by atoms with van der Waals surface area (Å²) in [5.41, 5.74) is 1.29. The van der Waals surface area contributed by atoms with Gasteiger partial charge in [0.15, 0.2) is 0 Å². The van der Waals surface area contributed by atoms with Crippen LogP contribution >= 0.6 is 0 Å². The molecule has 1 heteroatoms. The van der Waals surface area contributed by atoms with Crippen LogP contribution in [0.2, 0.25) is 0 Å². The zero-order valence-corrected chi connectivity index (χ0v) is 13.1. The average Bonchev–Trinajstić information content (AvgIpc) is 2.44. The third-order valence-corrected chi connectivity index (χ3v) is 3.80. The summed E-state index contributed by atoms with van der Waals surface area (Å²) < 4.78 is 2.18. The Labute approximate surface area is 116 Å². The SMILES string of the molecule is [Zn]=[CH]/C=C\c1cccc2c1ccc1ccccc12. The van der Waals surface area contributed by atoms with Crippen molar-refractivity contribution in [3.8, 4) is 0 Å². The van der Waals surface area contributed by atoms with E-state index in [1.807, 2.05) is 0 Å². The van der Waals surface area contributed by atoms with Crippen LogP contribution in [0.15, 0.2) is 60.7 Å². The summed E-state index contributed by atoms with van der Waals surface area (Å²) in [4.78, 5) is 0. The van der Waals surface area contributed by atoms with E-state index in [1.54, 1.807) is 0 Å².